The number of aliphatic hydroxyl groups is 2. The van der Waals surface area contributed by atoms with Gasteiger partial charge < -0.3 is 10.2 Å². The minimum absolute atomic E-state index is 0. The van der Waals surface area contributed by atoms with E-state index < -0.39 is 0 Å². The molecule has 0 radical (unpaired) electrons. The molecule has 0 aromatic heterocycles. The maximum absolute atomic E-state index is 7.00. The average molecular weight is 191 g/mol. The monoisotopic (exact) mass is 191 g/mol. The molecule has 0 unspecified atom stereocenters. The Morgan fingerprint density at radius 3 is 1.82 bits per heavy atom. The van der Waals surface area contributed by atoms with Crippen LogP contribution in [-0.4, -0.2) is 24.4 Å². The van der Waals surface area contributed by atoms with Gasteiger partial charge in [0.2, 0.25) is 0 Å². The fourth-order valence-electron chi connectivity index (χ4n) is 0.515. The number of allylic oxidation sites excluding steroid dienone is 4. The number of aliphatic hydroxyl groups excluding tert-OH is 2. The molecule has 0 saturated heterocycles. The van der Waals surface area contributed by atoms with Gasteiger partial charge in [0.15, 0.2) is 0 Å². The first-order chi connectivity index (χ1) is 4.89. The SMILES string of the molecule is CC1=[C-]CC=C1.CO.CO.[Ti]. The Hall–Kier alpha value is 0.114. The van der Waals surface area contributed by atoms with E-state index in [4.69, 9.17) is 10.2 Å². The topological polar surface area (TPSA) is 40.5 Å². The molecule has 0 bridgehead atoms. The van der Waals surface area contributed by atoms with Crippen molar-refractivity contribution >= 4 is 0 Å². The molecule has 0 atom stereocenters. The predicted molar refractivity (Wildman–Crippen MR) is 42.5 cm³/mol. The first-order valence-electron chi connectivity index (χ1n) is 3.03. The quantitative estimate of drug-likeness (QED) is 0.441. The molecule has 1 rings (SSSR count). The maximum Gasteiger partial charge on any atom is 0.0319 e. The molecule has 0 amide bonds. The van der Waals surface area contributed by atoms with Gasteiger partial charge in [0.05, 0.1) is 0 Å². The molecule has 0 saturated carbocycles. The van der Waals surface area contributed by atoms with Crippen LogP contribution >= 0.6 is 0 Å². The first kappa shape index (κ1) is 17.3. The fraction of sp³-hybridized carbons (Fsp3) is 0.500. The van der Waals surface area contributed by atoms with E-state index in [-0.39, 0.29) is 21.7 Å². The van der Waals surface area contributed by atoms with Crippen molar-refractivity contribution in [3.8, 4) is 0 Å². The normalized spacial score (nSPS) is 11.2. The molecule has 0 aromatic carbocycles. The molecule has 0 heterocycles. The van der Waals surface area contributed by atoms with Gasteiger partial charge in [-0.3, -0.25) is 6.08 Å². The number of hydrogen-bond acceptors (Lipinski definition) is 2. The summed E-state index contributed by atoms with van der Waals surface area (Å²) in [5.41, 5.74) is 1.27. The molecule has 1 aliphatic rings. The summed E-state index contributed by atoms with van der Waals surface area (Å²) in [7, 11) is 2.00. The third kappa shape index (κ3) is 13.2. The zero-order chi connectivity index (χ0) is 8.41. The van der Waals surface area contributed by atoms with Crippen LogP contribution < -0.4 is 0 Å². The Bertz CT molecular complexity index is 106. The molecule has 64 valence electrons. The van der Waals surface area contributed by atoms with Crippen LogP contribution in [0.4, 0.5) is 0 Å². The third-order valence-corrected chi connectivity index (χ3v) is 0.867. The van der Waals surface area contributed by atoms with Gasteiger partial charge in [-0.05, 0) is 0 Å². The van der Waals surface area contributed by atoms with Gasteiger partial charge in [-0.25, -0.2) is 11.6 Å². The van der Waals surface area contributed by atoms with Gasteiger partial charge in [0, 0.05) is 35.9 Å². The summed E-state index contributed by atoms with van der Waals surface area (Å²) in [6, 6.07) is 0. The molecule has 2 nitrogen and oxygen atoms in total. The van der Waals surface area contributed by atoms with Gasteiger partial charge in [-0.1, -0.05) is 6.92 Å². The van der Waals surface area contributed by atoms with Crippen molar-refractivity contribution in [3.63, 3.8) is 0 Å². The van der Waals surface area contributed by atoms with Gasteiger partial charge in [0.1, 0.15) is 0 Å². The van der Waals surface area contributed by atoms with Gasteiger partial charge >= 0.3 is 0 Å². The fourth-order valence-corrected chi connectivity index (χ4v) is 0.515. The van der Waals surface area contributed by atoms with Crippen molar-refractivity contribution in [1.29, 1.82) is 0 Å². The molecule has 1 aliphatic carbocycles. The van der Waals surface area contributed by atoms with Crippen LogP contribution in [0.25, 0.3) is 0 Å². The average Bonchev–Trinajstić information content (AvgIpc) is 2.48. The van der Waals surface area contributed by atoms with Crippen LogP contribution in [0.2, 0.25) is 0 Å². The second-order valence-electron chi connectivity index (χ2n) is 1.47. The van der Waals surface area contributed by atoms with E-state index in [0.29, 0.717) is 0 Å². The standard InChI is InChI=1S/C6H7.2CH4O.Ti/c1-6-4-2-3-5-6;2*1-2;/h2,4H,3H2,1H3;2*2H,1H3;/q-1;;;. The Morgan fingerprint density at radius 2 is 1.73 bits per heavy atom. The summed E-state index contributed by atoms with van der Waals surface area (Å²) in [6.07, 6.45) is 8.33. The van der Waals surface area contributed by atoms with Crippen molar-refractivity contribution in [2.24, 2.45) is 0 Å². The maximum atomic E-state index is 7.00. The van der Waals surface area contributed by atoms with E-state index in [1.165, 1.54) is 5.57 Å². The molecule has 3 heteroatoms. The van der Waals surface area contributed by atoms with Crippen LogP contribution in [0.15, 0.2) is 17.7 Å². The summed E-state index contributed by atoms with van der Waals surface area (Å²) in [5.74, 6) is 0. The Morgan fingerprint density at radius 1 is 1.27 bits per heavy atom. The van der Waals surface area contributed by atoms with Crippen molar-refractivity contribution in [2.45, 2.75) is 13.3 Å². The van der Waals surface area contributed by atoms with Crippen molar-refractivity contribution in [1.82, 2.24) is 0 Å². The summed E-state index contributed by atoms with van der Waals surface area (Å²) in [5, 5.41) is 14.0. The number of hydrogen-bond donors (Lipinski definition) is 2. The minimum atomic E-state index is 0. The van der Waals surface area contributed by atoms with E-state index >= 15 is 0 Å². The van der Waals surface area contributed by atoms with Crippen molar-refractivity contribution in [2.75, 3.05) is 14.2 Å². The van der Waals surface area contributed by atoms with E-state index in [1.54, 1.807) is 0 Å². The van der Waals surface area contributed by atoms with E-state index in [0.717, 1.165) is 20.6 Å². The molecule has 0 fully saturated rings. The number of rotatable bonds is 0. The van der Waals surface area contributed by atoms with Gasteiger partial charge in [-0.2, -0.15) is 6.08 Å². The smallest absolute Gasteiger partial charge is 0.0319 e. The van der Waals surface area contributed by atoms with E-state index in [9.17, 15) is 0 Å². The summed E-state index contributed by atoms with van der Waals surface area (Å²) < 4.78 is 0. The molecule has 0 aromatic rings. The second-order valence-corrected chi connectivity index (χ2v) is 1.47. The van der Waals surface area contributed by atoms with Gasteiger partial charge in [0.25, 0.3) is 0 Å². The minimum Gasteiger partial charge on any atom is -0.400 e. The summed E-state index contributed by atoms with van der Waals surface area (Å²) in [4.78, 5) is 0. The first-order valence-corrected chi connectivity index (χ1v) is 3.03. The Kier molecular flexibility index (Phi) is 26.1. The summed E-state index contributed by atoms with van der Waals surface area (Å²) >= 11 is 0. The Balaban J connectivity index is -0.000000114. The molecule has 2 N–H and O–H groups in total. The second kappa shape index (κ2) is 16.6. The van der Waals surface area contributed by atoms with Crippen molar-refractivity contribution < 1.29 is 31.9 Å². The molecule has 0 aliphatic heterocycles. The van der Waals surface area contributed by atoms with Crippen LogP contribution in [-0.2, 0) is 21.7 Å². The molecule has 0 spiro atoms. The van der Waals surface area contributed by atoms with E-state index in [1.807, 2.05) is 0 Å². The van der Waals surface area contributed by atoms with E-state index in [2.05, 4.69) is 25.2 Å². The molecular weight excluding hydrogens is 176 g/mol. The van der Waals surface area contributed by atoms with Crippen molar-refractivity contribution in [3.05, 3.63) is 23.8 Å². The van der Waals surface area contributed by atoms with Crippen LogP contribution in [0.3, 0.4) is 0 Å². The van der Waals surface area contributed by atoms with Crippen LogP contribution in [0.5, 0.6) is 0 Å². The third-order valence-electron chi connectivity index (χ3n) is 0.867. The molecule has 11 heavy (non-hydrogen) atoms. The predicted octanol–water partition coefficient (Wildman–Crippen LogP) is 0.910. The largest absolute Gasteiger partial charge is 0.400 e. The van der Waals surface area contributed by atoms with Crippen LogP contribution in [0, 0.1) is 6.08 Å². The zero-order valence-corrected chi connectivity index (χ0v) is 8.82. The molecular formula is C8H15O2Ti-. The Labute approximate surface area is 83.5 Å². The van der Waals surface area contributed by atoms with Gasteiger partial charge in [-0.15, -0.1) is 6.42 Å². The zero-order valence-electron chi connectivity index (χ0n) is 7.26. The van der Waals surface area contributed by atoms with Crippen LogP contribution in [0.1, 0.15) is 13.3 Å². The summed E-state index contributed by atoms with van der Waals surface area (Å²) in [6.45, 7) is 2.06.